The van der Waals surface area contributed by atoms with Gasteiger partial charge in [0, 0.05) is 4.47 Å². The van der Waals surface area contributed by atoms with Gasteiger partial charge in [-0.3, -0.25) is 0 Å². The van der Waals surface area contributed by atoms with Gasteiger partial charge in [0.2, 0.25) is 0 Å². The van der Waals surface area contributed by atoms with E-state index in [1.165, 1.54) is 5.56 Å². The Labute approximate surface area is 115 Å². The van der Waals surface area contributed by atoms with Crippen LogP contribution in [-0.2, 0) is -0.565 Å². The minimum atomic E-state index is 0.175. The molecule has 4 heteroatoms. The molecule has 0 aliphatic heterocycles. The van der Waals surface area contributed by atoms with Crippen molar-refractivity contribution < 1.29 is 0 Å². The first-order chi connectivity index (χ1) is 5.00. The van der Waals surface area contributed by atoms with Crippen LogP contribution in [0.25, 0.3) is 0 Å². The maximum absolute atomic E-state index is 3.40. The molecule has 60 valence electrons. The summed E-state index contributed by atoms with van der Waals surface area (Å²) in [7, 11) is 0. The van der Waals surface area contributed by atoms with E-state index in [2.05, 4.69) is 108 Å². The molecule has 0 aliphatic carbocycles. The second-order valence-corrected chi connectivity index (χ2v) is 14.0. The highest BCUT2D eigenvalue weighted by atomic mass is 127. The third-order valence-electron chi connectivity index (χ3n) is 1.17. The molecule has 0 N–H and O–H groups in total. The van der Waals surface area contributed by atoms with E-state index >= 15 is 0 Å². The minimum Gasteiger partial charge on any atom is -0.0550 e. The van der Waals surface area contributed by atoms with Crippen LogP contribution in [0.15, 0.2) is 28.7 Å². The first kappa shape index (κ1) is 11.0. The van der Waals surface area contributed by atoms with E-state index in [-0.39, 0.29) is -0.565 Å². The van der Waals surface area contributed by atoms with Gasteiger partial charge in [0.15, 0.2) is 0 Å². The fourth-order valence-corrected chi connectivity index (χ4v) is 1.98. The van der Waals surface area contributed by atoms with Crippen LogP contribution < -0.4 is 0 Å². The van der Waals surface area contributed by atoms with E-state index in [0.29, 0.717) is 0 Å². The SMILES string of the molecule is Brc1ccc(C(I)(I)I)cc1. The van der Waals surface area contributed by atoms with Gasteiger partial charge in [0.1, 0.15) is -0.565 Å². The Morgan fingerprint density at radius 3 is 1.82 bits per heavy atom. The molecule has 0 saturated carbocycles. The Morgan fingerprint density at radius 2 is 1.45 bits per heavy atom. The summed E-state index contributed by atoms with van der Waals surface area (Å²) in [5.74, 6) is 0. The van der Waals surface area contributed by atoms with Gasteiger partial charge >= 0.3 is 0 Å². The van der Waals surface area contributed by atoms with Crippen LogP contribution in [-0.4, -0.2) is 0 Å². The third-order valence-corrected chi connectivity index (χ3v) is 3.57. The molecule has 0 heterocycles. The number of halogens is 4. The molecule has 1 aromatic rings. The van der Waals surface area contributed by atoms with Crippen molar-refractivity contribution in [1.82, 2.24) is 0 Å². The predicted octanol–water partition coefficient (Wildman–Crippen LogP) is 4.86. The molecule has 11 heavy (non-hydrogen) atoms. The van der Waals surface area contributed by atoms with Gasteiger partial charge in [0.05, 0.1) is 0 Å². The summed E-state index contributed by atoms with van der Waals surface area (Å²) in [5.41, 5.74) is 1.34. The van der Waals surface area contributed by atoms with Crippen molar-refractivity contribution >= 4 is 83.7 Å². The Bertz CT molecular complexity index is 237. The highest BCUT2D eigenvalue weighted by Crippen LogP contribution is 2.45. The zero-order valence-corrected chi connectivity index (χ0v) is 13.4. The summed E-state index contributed by atoms with van der Waals surface area (Å²) in [6.45, 7) is 0. The van der Waals surface area contributed by atoms with Crippen molar-refractivity contribution in [2.24, 2.45) is 0 Å². The van der Waals surface area contributed by atoms with Crippen molar-refractivity contribution in [2.75, 3.05) is 0 Å². The van der Waals surface area contributed by atoms with Gasteiger partial charge < -0.3 is 0 Å². The first-order valence-electron chi connectivity index (χ1n) is 2.83. The molecular formula is C7H4BrI3. The summed E-state index contributed by atoms with van der Waals surface area (Å²) in [4.78, 5) is 0. The second kappa shape index (κ2) is 4.41. The zero-order chi connectivity index (χ0) is 8.48. The highest BCUT2D eigenvalue weighted by molar-refractivity contribution is 14.3. The van der Waals surface area contributed by atoms with Gasteiger partial charge in [-0.1, -0.05) is 28.1 Å². The van der Waals surface area contributed by atoms with Crippen molar-refractivity contribution in [3.05, 3.63) is 34.3 Å². The Morgan fingerprint density at radius 1 is 1.00 bits per heavy atom. The largest absolute Gasteiger partial charge is 0.149 e. The monoisotopic (exact) mass is 548 g/mol. The summed E-state index contributed by atoms with van der Waals surface area (Å²) < 4.78 is 1.31. The number of alkyl halides is 3. The maximum Gasteiger partial charge on any atom is 0.149 e. The molecule has 0 atom stereocenters. The fraction of sp³-hybridized carbons (Fsp3) is 0.143. The quantitative estimate of drug-likeness (QED) is 0.347. The molecule has 0 amide bonds. The van der Waals surface area contributed by atoms with Crippen LogP contribution in [0.5, 0.6) is 0 Å². The van der Waals surface area contributed by atoms with Crippen molar-refractivity contribution in [3.63, 3.8) is 0 Å². The standard InChI is InChI=1S/C7H4BrI3/c8-6-3-1-5(2-4-6)7(9,10)11/h1-4H. The van der Waals surface area contributed by atoms with Crippen LogP contribution in [0.3, 0.4) is 0 Å². The molecule has 0 aliphatic rings. The van der Waals surface area contributed by atoms with Gasteiger partial charge in [-0.05, 0) is 85.5 Å². The van der Waals surface area contributed by atoms with E-state index in [9.17, 15) is 0 Å². The average Bonchev–Trinajstić information content (AvgIpc) is 1.86. The van der Waals surface area contributed by atoms with Gasteiger partial charge in [-0.25, -0.2) is 0 Å². The molecule has 1 rings (SSSR count). The van der Waals surface area contributed by atoms with Gasteiger partial charge in [-0.2, -0.15) is 0 Å². The first-order valence-corrected chi connectivity index (χ1v) is 6.86. The molecule has 0 nitrogen and oxygen atoms in total. The van der Waals surface area contributed by atoms with Crippen LogP contribution in [0, 0.1) is 0 Å². The molecule has 0 spiro atoms. The number of benzene rings is 1. The zero-order valence-electron chi connectivity index (χ0n) is 5.32. The number of hydrogen-bond acceptors (Lipinski definition) is 0. The lowest BCUT2D eigenvalue weighted by atomic mass is 10.2. The molecule has 0 saturated heterocycles. The fourth-order valence-electron chi connectivity index (χ4n) is 0.639. The normalized spacial score (nSPS) is 11.6. The molecule has 0 fully saturated rings. The summed E-state index contributed by atoms with van der Waals surface area (Å²) in [6.07, 6.45) is 0. The van der Waals surface area contributed by atoms with E-state index in [4.69, 9.17) is 0 Å². The highest BCUT2D eigenvalue weighted by Gasteiger charge is 2.19. The van der Waals surface area contributed by atoms with Crippen LogP contribution in [0.1, 0.15) is 5.56 Å². The van der Waals surface area contributed by atoms with Crippen molar-refractivity contribution in [3.8, 4) is 0 Å². The summed E-state index contributed by atoms with van der Waals surface area (Å²) in [6, 6.07) is 8.41. The minimum absolute atomic E-state index is 0.175. The Balaban J connectivity index is 2.99. The smallest absolute Gasteiger partial charge is 0.0550 e. The molecule has 0 unspecified atom stereocenters. The number of rotatable bonds is 1. The van der Waals surface area contributed by atoms with E-state index in [1.54, 1.807) is 0 Å². The maximum atomic E-state index is 3.40. The van der Waals surface area contributed by atoms with Crippen molar-refractivity contribution in [2.45, 2.75) is -0.565 Å². The second-order valence-electron chi connectivity index (χ2n) is 2.00. The topological polar surface area (TPSA) is 0 Å². The predicted molar refractivity (Wildman–Crippen MR) is 77.9 cm³/mol. The molecule has 0 aromatic heterocycles. The van der Waals surface area contributed by atoms with E-state index in [0.717, 1.165) is 4.47 Å². The van der Waals surface area contributed by atoms with Gasteiger partial charge in [-0.15, -0.1) is 0 Å². The third kappa shape index (κ3) is 3.63. The van der Waals surface area contributed by atoms with Crippen LogP contribution in [0.4, 0.5) is 0 Å². The van der Waals surface area contributed by atoms with E-state index < -0.39 is 0 Å². The van der Waals surface area contributed by atoms with Gasteiger partial charge in [0.25, 0.3) is 0 Å². The molecule has 1 aromatic carbocycles. The lowest BCUT2D eigenvalue weighted by Gasteiger charge is -2.11. The molecule has 0 bridgehead atoms. The van der Waals surface area contributed by atoms with E-state index in [1.807, 2.05) is 0 Å². The Hall–Kier alpha value is 1.89. The average molecular weight is 549 g/mol. The lowest BCUT2D eigenvalue weighted by molar-refractivity contribution is 1.42. The summed E-state index contributed by atoms with van der Waals surface area (Å²) >= 11 is 10.6. The number of hydrogen-bond donors (Lipinski definition) is 0. The van der Waals surface area contributed by atoms with Crippen LogP contribution in [0.2, 0.25) is 0 Å². The summed E-state index contributed by atoms with van der Waals surface area (Å²) in [5, 5.41) is 0. The Kier molecular flexibility index (Phi) is 4.39. The van der Waals surface area contributed by atoms with Crippen LogP contribution >= 0.6 is 83.7 Å². The molecule has 0 radical (unpaired) electrons. The lowest BCUT2D eigenvalue weighted by Crippen LogP contribution is -1.95. The molecular weight excluding hydrogens is 545 g/mol. The van der Waals surface area contributed by atoms with Crippen molar-refractivity contribution in [1.29, 1.82) is 0 Å².